The van der Waals surface area contributed by atoms with Gasteiger partial charge in [-0.2, -0.15) is 0 Å². The highest BCUT2D eigenvalue weighted by atomic mass is 16.5. The number of carboxylic acid groups (broad SMARTS) is 1. The molecule has 1 unspecified atom stereocenters. The molecule has 2 aliphatic heterocycles. The topological polar surface area (TPSA) is 59.0 Å². The lowest BCUT2D eigenvalue weighted by atomic mass is 9.80. The molecule has 0 bridgehead atoms. The van der Waals surface area contributed by atoms with Crippen molar-refractivity contribution in [3.05, 3.63) is 0 Å². The van der Waals surface area contributed by atoms with E-state index in [-0.39, 0.29) is 0 Å². The third-order valence-corrected chi connectivity index (χ3v) is 4.20. The third kappa shape index (κ3) is 3.02. The summed E-state index contributed by atoms with van der Waals surface area (Å²) in [7, 11) is 1.72. The maximum atomic E-state index is 11.6. The summed E-state index contributed by atoms with van der Waals surface area (Å²) in [6.07, 6.45) is 2.38. The summed E-state index contributed by atoms with van der Waals surface area (Å²) in [5.74, 6) is -0.110. The van der Waals surface area contributed by atoms with E-state index in [1.54, 1.807) is 7.11 Å². The van der Waals surface area contributed by atoms with E-state index in [2.05, 4.69) is 4.90 Å². The van der Waals surface area contributed by atoms with Crippen LogP contribution in [0.15, 0.2) is 0 Å². The van der Waals surface area contributed by atoms with Crippen molar-refractivity contribution in [2.75, 3.05) is 46.6 Å². The van der Waals surface area contributed by atoms with E-state index in [1.165, 1.54) is 0 Å². The Balaban J connectivity index is 1.92. The van der Waals surface area contributed by atoms with Gasteiger partial charge in [0, 0.05) is 33.4 Å². The SMILES string of the molecule is COCC1CCN(CC2(C(=O)O)CCOCC2)C1. The van der Waals surface area contributed by atoms with Crippen LogP contribution in [0.4, 0.5) is 0 Å². The summed E-state index contributed by atoms with van der Waals surface area (Å²) < 4.78 is 10.5. The van der Waals surface area contributed by atoms with Crippen LogP contribution in [0.25, 0.3) is 0 Å². The average molecular weight is 257 g/mol. The van der Waals surface area contributed by atoms with Gasteiger partial charge in [0.1, 0.15) is 0 Å². The van der Waals surface area contributed by atoms with E-state index in [0.29, 0.717) is 38.5 Å². The maximum Gasteiger partial charge on any atom is 0.311 e. The van der Waals surface area contributed by atoms with Crippen molar-refractivity contribution in [2.24, 2.45) is 11.3 Å². The van der Waals surface area contributed by atoms with Crippen molar-refractivity contribution in [1.82, 2.24) is 4.90 Å². The number of nitrogens with zero attached hydrogens (tertiary/aromatic N) is 1. The molecule has 0 aliphatic carbocycles. The number of hydrogen-bond acceptors (Lipinski definition) is 4. The van der Waals surface area contributed by atoms with Crippen LogP contribution in [0, 0.1) is 11.3 Å². The van der Waals surface area contributed by atoms with Crippen LogP contribution in [0.1, 0.15) is 19.3 Å². The Morgan fingerprint density at radius 2 is 2.22 bits per heavy atom. The quantitative estimate of drug-likeness (QED) is 0.790. The average Bonchev–Trinajstić information content (AvgIpc) is 2.78. The van der Waals surface area contributed by atoms with E-state index in [4.69, 9.17) is 9.47 Å². The van der Waals surface area contributed by atoms with Gasteiger partial charge in [0.2, 0.25) is 0 Å². The van der Waals surface area contributed by atoms with Crippen LogP contribution in [-0.2, 0) is 14.3 Å². The van der Waals surface area contributed by atoms with Gasteiger partial charge in [-0.3, -0.25) is 4.79 Å². The maximum absolute atomic E-state index is 11.6. The lowest BCUT2D eigenvalue weighted by molar-refractivity contribution is -0.156. The number of rotatable bonds is 5. The van der Waals surface area contributed by atoms with Gasteiger partial charge in [-0.05, 0) is 31.7 Å². The Morgan fingerprint density at radius 3 is 2.83 bits per heavy atom. The Kier molecular flexibility index (Phi) is 4.59. The minimum Gasteiger partial charge on any atom is -0.481 e. The Bertz CT molecular complexity index is 289. The van der Waals surface area contributed by atoms with Crippen molar-refractivity contribution in [3.8, 4) is 0 Å². The fourth-order valence-electron chi connectivity index (χ4n) is 3.06. The van der Waals surface area contributed by atoms with Gasteiger partial charge >= 0.3 is 5.97 Å². The molecule has 2 rings (SSSR count). The lowest BCUT2D eigenvalue weighted by Gasteiger charge is -2.36. The summed E-state index contributed by atoms with van der Waals surface area (Å²) in [6, 6.07) is 0. The first-order valence-corrected chi connectivity index (χ1v) is 6.69. The van der Waals surface area contributed by atoms with Crippen LogP contribution in [0.2, 0.25) is 0 Å². The Hall–Kier alpha value is -0.650. The molecule has 0 amide bonds. The van der Waals surface area contributed by atoms with Crippen molar-refractivity contribution < 1.29 is 19.4 Å². The largest absolute Gasteiger partial charge is 0.481 e. The predicted molar refractivity (Wildman–Crippen MR) is 66.5 cm³/mol. The summed E-state index contributed by atoms with van der Waals surface area (Å²) in [4.78, 5) is 13.8. The molecule has 0 aromatic heterocycles. The number of ether oxygens (including phenoxy) is 2. The highest BCUT2D eigenvalue weighted by Gasteiger charge is 2.42. The Labute approximate surface area is 108 Å². The van der Waals surface area contributed by atoms with E-state index < -0.39 is 11.4 Å². The molecule has 2 fully saturated rings. The molecule has 0 radical (unpaired) electrons. The number of methoxy groups -OCH3 is 1. The molecular weight excluding hydrogens is 234 g/mol. The third-order valence-electron chi connectivity index (χ3n) is 4.20. The number of hydrogen-bond donors (Lipinski definition) is 1. The number of aliphatic carboxylic acids is 1. The molecule has 1 atom stereocenters. The zero-order chi connectivity index (χ0) is 13.0. The molecule has 5 nitrogen and oxygen atoms in total. The molecule has 2 heterocycles. The van der Waals surface area contributed by atoms with Gasteiger partial charge in [-0.1, -0.05) is 0 Å². The second-order valence-electron chi connectivity index (χ2n) is 5.54. The van der Waals surface area contributed by atoms with Crippen molar-refractivity contribution in [1.29, 1.82) is 0 Å². The van der Waals surface area contributed by atoms with Gasteiger partial charge in [-0.25, -0.2) is 0 Å². The summed E-state index contributed by atoms with van der Waals surface area (Å²) in [6.45, 7) is 4.53. The monoisotopic (exact) mass is 257 g/mol. The van der Waals surface area contributed by atoms with E-state index in [0.717, 1.165) is 26.1 Å². The van der Waals surface area contributed by atoms with E-state index >= 15 is 0 Å². The van der Waals surface area contributed by atoms with Crippen LogP contribution in [-0.4, -0.2) is 62.5 Å². The first kappa shape index (κ1) is 13.8. The number of carbonyl (C=O) groups is 1. The van der Waals surface area contributed by atoms with Crippen LogP contribution >= 0.6 is 0 Å². The molecule has 2 aliphatic rings. The zero-order valence-corrected chi connectivity index (χ0v) is 11.1. The molecule has 0 aromatic carbocycles. The standard InChI is InChI=1S/C13H23NO4/c1-17-9-11-2-5-14(8-11)10-13(12(15)16)3-6-18-7-4-13/h11H,2-10H2,1H3,(H,15,16). The minimum atomic E-state index is -0.666. The zero-order valence-electron chi connectivity index (χ0n) is 11.1. The van der Waals surface area contributed by atoms with Crippen LogP contribution in [0.5, 0.6) is 0 Å². The van der Waals surface area contributed by atoms with Crippen molar-refractivity contribution in [3.63, 3.8) is 0 Å². The molecule has 0 spiro atoms. The molecule has 1 N–H and O–H groups in total. The first-order chi connectivity index (χ1) is 8.66. The molecule has 0 saturated carbocycles. The van der Waals surface area contributed by atoms with Crippen LogP contribution < -0.4 is 0 Å². The molecule has 0 aromatic rings. The molecule has 104 valence electrons. The summed E-state index contributed by atoms with van der Waals surface area (Å²) in [5.41, 5.74) is -0.597. The van der Waals surface area contributed by atoms with Gasteiger partial charge in [-0.15, -0.1) is 0 Å². The second kappa shape index (κ2) is 5.99. The highest BCUT2D eigenvalue weighted by Crippen LogP contribution is 2.33. The highest BCUT2D eigenvalue weighted by molar-refractivity contribution is 5.75. The molecular formula is C13H23NO4. The van der Waals surface area contributed by atoms with E-state index in [1.807, 2.05) is 0 Å². The van der Waals surface area contributed by atoms with Gasteiger partial charge in [0.25, 0.3) is 0 Å². The van der Waals surface area contributed by atoms with Crippen molar-refractivity contribution in [2.45, 2.75) is 19.3 Å². The number of likely N-dealkylation sites (tertiary alicyclic amines) is 1. The Morgan fingerprint density at radius 1 is 1.50 bits per heavy atom. The second-order valence-corrected chi connectivity index (χ2v) is 5.54. The minimum absolute atomic E-state index is 0.556. The molecule has 18 heavy (non-hydrogen) atoms. The fourth-order valence-corrected chi connectivity index (χ4v) is 3.06. The smallest absolute Gasteiger partial charge is 0.311 e. The summed E-state index contributed by atoms with van der Waals surface area (Å²) in [5, 5.41) is 9.51. The molecule has 2 saturated heterocycles. The lowest BCUT2D eigenvalue weighted by Crippen LogP contribution is -2.46. The normalized spacial score (nSPS) is 28.4. The number of carboxylic acids is 1. The molecule has 5 heteroatoms. The van der Waals surface area contributed by atoms with E-state index in [9.17, 15) is 9.90 Å². The fraction of sp³-hybridized carbons (Fsp3) is 0.923. The predicted octanol–water partition coefficient (Wildman–Crippen LogP) is 0.836. The van der Waals surface area contributed by atoms with Crippen LogP contribution in [0.3, 0.4) is 0 Å². The first-order valence-electron chi connectivity index (χ1n) is 6.69. The summed E-state index contributed by atoms with van der Waals surface area (Å²) >= 11 is 0. The van der Waals surface area contributed by atoms with Gasteiger partial charge in [0.15, 0.2) is 0 Å². The van der Waals surface area contributed by atoms with Gasteiger partial charge in [0.05, 0.1) is 12.0 Å². The van der Waals surface area contributed by atoms with Gasteiger partial charge < -0.3 is 19.5 Å². The van der Waals surface area contributed by atoms with Crippen molar-refractivity contribution >= 4 is 5.97 Å².